The van der Waals surface area contributed by atoms with Crippen molar-refractivity contribution in [1.29, 1.82) is 0 Å². The van der Waals surface area contributed by atoms with Crippen molar-refractivity contribution in [3.63, 3.8) is 0 Å². The first kappa shape index (κ1) is 16.3. The van der Waals surface area contributed by atoms with Gasteiger partial charge in [0.05, 0.1) is 0 Å². The topological polar surface area (TPSA) is 139 Å². The van der Waals surface area contributed by atoms with Crippen LogP contribution in [0.3, 0.4) is 0 Å². The van der Waals surface area contributed by atoms with Crippen molar-refractivity contribution in [2.24, 2.45) is 10.3 Å². The first-order valence-electron chi connectivity index (χ1n) is 7.28. The molecule has 10 heteroatoms. The van der Waals surface area contributed by atoms with Crippen molar-refractivity contribution in [2.45, 2.75) is 19.8 Å². The van der Waals surface area contributed by atoms with Crippen LogP contribution < -0.4 is 5.43 Å². The fourth-order valence-corrected chi connectivity index (χ4v) is 2.15. The van der Waals surface area contributed by atoms with Crippen LogP contribution in [0.5, 0.6) is 5.75 Å². The van der Waals surface area contributed by atoms with E-state index in [-0.39, 0.29) is 11.5 Å². The fraction of sp³-hybridized carbons (Fsp3) is 0.200. The summed E-state index contributed by atoms with van der Waals surface area (Å²) in [7, 11) is 0. The third-order valence-corrected chi connectivity index (χ3v) is 3.34. The van der Waals surface area contributed by atoms with E-state index in [1.54, 1.807) is 0 Å². The number of oxime groups is 1. The standard InChI is InChI=1S/C15H13N5O5/c1-8(21)24-18-11-6-7-12-14(20-25-19-12)13(11)16-17-15(23)9-2-4-10(22)5-3-9/h2-5,22H,6-7H2,1H3,(H,17,23)/b16-13+,18-11-. The zero-order chi connectivity index (χ0) is 17.8. The summed E-state index contributed by atoms with van der Waals surface area (Å²) in [5.41, 5.74) is 4.11. The van der Waals surface area contributed by atoms with Gasteiger partial charge in [-0.25, -0.2) is 14.8 Å². The molecule has 2 N–H and O–H groups in total. The maximum atomic E-state index is 12.1. The van der Waals surface area contributed by atoms with Gasteiger partial charge in [-0.3, -0.25) is 4.79 Å². The lowest BCUT2D eigenvalue weighted by Gasteiger charge is -2.12. The Hall–Kier alpha value is -3.56. The molecule has 1 heterocycles. The molecule has 0 saturated carbocycles. The number of nitrogens with zero attached hydrogens (tertiary/aromatic N) is 4. The number of phenols is 1. The summed E-state index contributed by atoms with van der Waals surface area (Å²) >= 11 is 0. The average Bonchev–Trinajstić information content (AvgIpc) is 3.07. The molecular formula is C15H13N5O5. The Bertz CT molecular complexity index is 869. The zero-order valence-corrected chi connectivity index (χ0v) is 13.1. The predicted octanol–water partition coefficient (Wildman–Crippen LogP) is 0.775. The molecule has 3 rings (SSSR count). The van der Waals surface area contributed by atoms with Crippen molar-refractivity contribution < 1.29 is 24.2 Å². The zero-order valence-electron chi connectivity index (χ0n) is 13.1. The number of carbonyl (C=O) groups is 2. The van der Waals surface area contributed by atoms with Crippen LogP contribution in [-0.4, -0.2) is 38.7 Å². The largest absolute Gasteiger partial charge is 0.508 e. The van der Waals surface area contributed by atoms with Crippen molar-refractivity contribution in [1.82, 2.24) is 15.7 Å². The number of carbonyl (C=O) groups excluding carboxylic acids is 2. The van der Waals surface area contributed by atoms with Gasteiger partial charge in [0.15, 0.2) is 5.69 Å². The molecule has 25 heavy (non-hydrogen) atoms. The molecule has 0 fully saturated rings. The van der Waals surface area contributed by atoms with Crippen LogP contribution in [0.1, 0.15) is 35.1 Å². The molecule has 1 aromatic heterocycles. The van der Waals surface area contributed by atoms with E-state index >= 15 is 0 Å². The summed E-state index contributed by atoms with van der Waals surface area (Å²) in [5.74, 6) is -1.03. The molecule has 10 nitrogen and oxygen atoms in total. The minimum atomic E-state index is -0.580. The van der Waals surface area contributed by atoms with Crippen molar-refractivity contribution in [3.8, 4) is 5.75 Å². The minimum Gasteiger partial charge on any atom is -0.508 e. The van der Waals surface area contributed by atoms with E-state index in [2.05, 4.69) is 30.8 Å². The Labute approximate surface area is 141 Å². The minimum absolute atomic E-state index is 0.0456. The number of nitrogens with one attached hydrogen (secondary N) is 1. The highest BCUT2D eigenvalue weighted by Crippen LogP contribution is 2.17. The maximum absolute atomic E-state index is 12.1. The number of hydrazone groups is 1. The highest BCUT2D eigenvalue weighted by Gasteiger charge is 2.28. The molecule has 1 aromatic carbocycles. The maximum Gasteiger partial charge on any atom is 0.331 e. The SMILES string of the molecule is CC(=O)O/N=C1/CCc2nonc2/C1=N/NC(=O)c1ccc(O)cc1. The van der Waals surface area contributed by atoms with E-state index in [9.17, 15) is 14.7 Å². The molecule has 0 spiro atoms. The summed E-state index contributed by atoms with van der Waals surface area (Å²) in [6, 6.07) is 5.66. The Morgan fingerprint density at radius 1 is 1.24 bits per heavy atom. The van der Waals surface area contributed by atoms with E-state index in [0.717, 1.165) is 0 Å². The van der Waals surface area contributed by atoms with Gasteiger partial charge in [-0.2, -0.15) is 5.10 Å². The molecule has 0 unspecified atom stereocenters. The fourth-order valence-electron chi connectivity index (χ4n) is 2.15. The number of aromatic nitrogens is 2. The van der Waals surface area contributed by atoms with Gasteiger partial charge < -0.3 is 9.94 Å². The number of rotatable bonds is 3. The third kappa shape index (κ3) is 3.68. The number of hydrogen-bond donors (Lipinski definition) is 2. The number of hydrogen-bond acceptors (Lipinski definition) is 9. The number of amides is 1. The molecule has 0 saturated heterocycles. The normalized spacial score (nSPS) is 16.5. The average molecular weight is 343 g/mol. The van der Waals surface area contributed by atoms with Crippen molar-refractivity contribution >= 4 is 23.3 Å². The predicted molar refractivity (Wildman–Crippen MR) is 83.9 cm³/mol. The van der Waals surface area contributed by atoms with Gasteiger partial charge in [0, 0.05) is 25.3 Å². The van der Waals surface area contributed by atoms with Gasteiger partial charge >= 0.3 is 5.97 Å². The van der Waals surface area contributed by atoms with Crippen LogP contribution in [-0.2, 0) is 16.1 Å². The first-order valence-corrected chi connectivity index (χ1v) is 7.28. The van der Waals surface area contributed by atoms with E-state index in [4.69, 9.17) is 4.63 Å². The van der Waals surface area contributed by atoms with Crippen LogP contribution in [0.25, 0.3) is 0 Å². The van der Waals surface area contributed by atoms with E-state index < -0.39 is 11.9 Å². The highest BCUT2D eigenvalue weighted by molar-refractivity contribution is 6.48. The smallest absolute Gasteiger partial charge is 0.331 e. The van der Waals surface area contributed by atoms with Crippen LogP contribution >= 0.6 is 0 Å². The number of aryl methyl sites for hydroxylation is 1. The molecule has 1 aliphatic rings. The molecular weight excluding hydrogens is 330 g/mol. The number of fused-ring (bicyclic) bond motifs is 1. The summed E-state index contributed by atoms with van der Waals surface area (Å²) in [6.07, 6.45) is 0.881. The van der Waals surface area contributed by atoms with E-state index in [1.165, 1.54) is 31.2 Å². The van der Waals surface area contributed by atoms with Gasteiger partial charge in [0.25, 0.3) is 5.91 Å². The molecule has 0 radical (unpaired) electrons. The van der Waals surface area contributed by atoms with Crippen LogP contribution in [0.2, 0.25) is 0 Å². The second-order valence-electron chi connectivity index (χ2n) is 5.13. The molecule has 0 atom stereocenters. The van der Waals surface area contributed by atoms with Crippen molar-refractivity contribution in [3.05, 3.63) is 41.2 Å². The molecule has 128 valence electrons. The number of benzene rings is 1. The first-order chi connectivity index (χ1) is 12.0. The lowest BCUT2D eigenvalue weighted by atomic mass is 9.97. The number of aromatic hydroxyl groups is 1. The van der Waals surface area contributed by atoms with Gasteiger partial charge in [-0.05, 0) is 29.4 Å². The Morgan fingerprint density at radius 2 is 2.00 bits per heavy atom. The van der Waals surface area contributed by atoms with Crippen LogP contribution in [0.4, 0.5) is 0 Å². The molecule has 0 bridgehead atoms. The summed E-state index contributed by atoms with van der Waals surface area (Å²) < 4.78 is 4.69. The van der Waals surface area contributed by atoms with E-state index in [1.807, 2.05) is 0 Å². The molecule has 1 amide bonds. The monoisotopic (exact) mass is 343 g/mol. The Balaban J connectivity index is 1.86. The second kappa shape index (κ2) is 6.91. The van der Waals surface area contributed by atoms with Gasteiger partial charge in [0.2, 0.25) is 0 Å². The number of phenolic OH excluding ortho intramolecular Hbond substituents is 1. The van der Waals surface area contributed by atoms with Gasteiger partial charge in [0.1, 0.15) is 22.9 Å². The van der Waals surface area contributed by atoms with Crippen LogP contribution in [0, 0.1) is 0 Å². The quantitative estimate of drug-likeness (QED) is 0.620. The molecule has 0 aliphatic heterocycles. The van der Waals surface area contributed by atoms with E-state index in [0.29, 0.717) is 35.5 Å². The summed E-state index contributed by atoms with van der Waals surface area (Å²) in [4.78, 5) is 27.8. The van der Waals surface area contributed by atoms with Crippen LogP contribution in [0.15, 0.2) is 39.2 Å². The van der Waals surface area contributed by atoms with Gasteiger partial charge in [-0.15, -0.1) is 0 Å². The van der Waals surface area contributed by atoms with Gasteiger partial charge in [-0.1, -0.05) is 10.3 Å². The second-order valence-corrected chi connectivity index (χ2v) is 5.13. The summed E-state index contributed by atoms with van der Waals surface area (Å²) in [5, 5.41) is 24.5. The molecule has 1 aliphatic carbocycles. The summed E-state index contributed by atoms with van der Waals surface area (Å²) in [6.45, 7) is 1.22. The lowest BCUT2D eigenvalue weighted by Crippen LogP contribution is -2.29. The lowest BCUT2D eigenvalue weighted by molar-refractivity contribution is -0.140. The Kier molecular flexibility index (Phi) is 4.50. The third-order valence-electron chi connectivity index (χ3n) is 3.34. The Morgan fingerprint density at radius 3 is 2.72 bits per heavy atom. The molecule has 2 aromatic rings. The van der Waals surface area contributed by atoms with Crippen molar-refractivity contribution in [2.75, 3.05) is 0 Å². The highest BCUT2D eigenvalue weighted by atomic mass is 16.7.